The van der Waals surface area contributed by atoms with Crippen LogP contribution in [-0.2, 0) is 0 Å². The van der Waals surface area contributed by atoms with Crippen LogP contribution in [-0.4, -0.2) is 21.7 Å². The lowest BCUT2D eigenvalue weighted by molar-refractivity contribution is 0.414. The van der Waals surface area contributed by atoms with E-state index in [0.717, 1.165) is 24.6 Å². The van der Waals surface area contributed by atoms with Crippen LogP contribution in [0.3, 0.4) is 0 Å². The number of nitrogens with one attached hydrogen (secondary N) is 2. The number of nitrogens with zero attached hydrogens (tertiary/aromatic N) is 2. The van der Waals surface area contributed by atoms with Gasteiger partial charge in [0.1, 0.15) is 5.82 Å². The molecule has 1 aliphatic heterocycles. The molecular weight excluding hydrogens is 176 g/mol. The third-order valence-corrected chi connectivity index (χ3v) is 2.74. The van der Waals surface area contributed by atoms with Gasteiger partial charge in [0.15, 0.2) is 5.82 Å². The third kappa shape index (κ3) is 2.32. The van der Waals surface area contributed by atoms with E-state index in [-0.39, 0.29) is 0 Å². The fourth-order valence-corrected chi connectivity index (χ4v) is 1.94. The summed E-state index contributed by atoms with van der Waals surface area (Å²) in [5.74, 6) is 1.84. The number of H-pyrrole nitrogens is 1. The number of aryl methyl sites for hydroxylation is 1. The number of hydrogen-bond donors (Lipinski definition) is 2. The van der Waals surface area contributed by atoms with Crippen LogP contribution in [0, 0.1) is 6.92 Å². The van der Waals surface area contributed by atoms with E-state index in [9.17, 15) is 0 Å². The fourth-order valence-electron chi connectivity index (χ4n) is 1.94. The molecule has 0 saturated carbocycles. The molecule has 0 aromatic carbocycles. The van der Waals surface area contributed by atoms with Gasteiger partial charge < -0.3 is 5.32 Å². The van der Waals surface area contributed by atoms with Crippen LogP contribution < -0.4 is 5.32 Å². The van der Waals surface area contributed by atoms with Crippen LogP contribution in [0.5, 0.6) is 0 Å². The number of aromatic nitrogens is 3. The van der Waals surface area contributed by atoms with E-state index >= 15 is 0 Å². The first-order valence-electron chi connectivity index (χ1n) is 5.48. The molecule has 0 bridgehead atoms. The lowest BCUT2D eigenvalue weighted by Gasteiger charge is -2.18. The van der Waals surface area contributed by atoms with E-state index in [1.807, 2.05) is 6.92 Å². The third-order valence-electron chi connectivity index (χ3n) is 2.74. The Balaban J connectivity index is 2.00. The average molecular weight is 194 g/mol. The molecule has 0 radical (unpaired) electrons. The van der Waals surface area contributed by atoms with E-state index in [1.54, 1.807) is 0 Å². The van der Waals surface area contributed by atoms with E-state index in [2.05, 4.69) is 20.5 Å². The Morgan fingerprint density at radius 2 is 2.07 bits per heavy atom. The molecule has 1 atom stereocenters. The van der Waals surface area contributed by atoms with Crippen LogP contribution in [0.1, 0.15) is 49.8 Å². The quantitative estimate of drug-likeness (QED) is 0.715. The molecule has 1 aromatic heterocycles. The van der Waals surface area contributed by atoms with Gasteiger partial charge >= 0.3 is 0 Å². The maximum atomic E-state index is 4.38. The smallest absolute Gasteiger partial charge is 0.167 e. The largest absolute Gasteiger partial charge is 0.307 e. The molecule has 1 aromatic rings. The predicted molar refractivity (Wildman–Crippen MR) is 54.9 cm³/mol. The molecule has 4 nitrogen and oxygen atoms in total. The van der Waals surface area contributed by atoms with Crippen LogP contribution in [0.4, 0.5) is 0 Å². The Morgan fingerprint density at radius 1 is 1.21 bits per heavy atom. The summed E-state index contributed by atoms with van der Waals surface area (Å²) in [4.78, 5) is 4.38. The lowest BCUT2D eigenvalue weighted by Crippen LogP contribution is -2.25. The highest BCUT2D eigenvalue weighted by molar-refractivity contribution is 4.95. The highest BCUT2D eigenvalue weighted by Crippen LogP contribution is 2.19. The Bertz CT molecular complexity index is 273. The second kappa shape index (κ2) is 4.55. The summed E-state index contributed by atoms with van der Waals surface area (Å²) in [6, 6.07) is 0.361. The maximum absolute atomic E-state index is 4.38. The Kier molecular flexibility index (Phi) is 3.14. The molecule has 78 valence electrons. The van der Waals surface area contributed by atoms with Crippen molar-refractivity contribution in [3.8, 4) is 0 Å². The monoisotopic (exact) mass is 194 g/mol. The van der Waals surface area contributed by atoms with Gasteiger partial charge in [0.2, 0.25) is 0 Å². The lowest BCUT2D eigenvalue weighted by atomic mass is 10.0. The van der Waals surface area contributed by atoms with E-state index in [1.165, 1.54) is 25.7 Å². The zero-order valence-electron chi connectivity index (χ0n) is 8.71. The van der Waals surface area contributed by atoms with Gasteiger partial charge in [-0.1, -0.05) is 19.3 Å². The molecule has 1 fully saturated rings. The summed E-state index contributed by atoms with van der Waals surface area (Å²) in [5, 5.41) is 10.6. The molecular formula is C10H18N4. The minimum Gasteiger partial charge on any atom is -0.307 e. The van der Waals surface area contributed by atoms with Gasteiger partial charge in [0, 0.05) is 0 Å². The molecule has 2 rings (SSSR count). The standard InChI is InChI=1S/C10H18N4/c1-8-12-10(14-13-8)9-6-4-2-3-5-7-11-9/h9,11H,2-7H2,1H3,(H,12,13,14). The Hall–Kier alpha value is -0.900. The van der Waals surface area contributed by atoms with Gasteiger partial charge in [-0.25, -0.2) is 4.98 Å². The van der Waals surface area contributed by atoms with E-state index < -0.39 is 0 Å². The summed E-state index contributed by atoms with van der Waals surface area (Å²) in [7, 11) is 0. The topological polar surface area (TPSA) is 53.6 Å². The van der Waals surface area contributed by atoms with Crippen LogP contribution in [0.25, 0.3) is 0 Å². The van der Waals surface area contributed by atoms with Crippen molar-refractivity contribution >= 4 is 0 Å². The molecule has 0 aliphatic carbocycles. The van der Waals surface area contributed by atoms with Gasteiger partial charge in [-0.3, -0.25) is 5.10 Å². The van der Waals surface area contributed by atoms with Crippen LogP contribution >= 0.6 is 0 Å². The fraction of sp³-hybridized carbons (Fsp3) is 0.800. The van der Waals surface area contributed by atoms with Crippen molar-refractivity contribution in [1.29, 1.82) is 0 Å². The van der Waals surface area contributed by atoms with E-state index in [4.69, 9.17) is 0 Å². The minimum atomic E-state index is 0.361. The molecule has 1 unspecified atom stereocenters. The normalized spacial score (nSPS) is 24.2. The number of rotatable bonds is 1. The average Bonchev–Trinajstić information content (AvgIpc) is 2.51. The van der Waals surface area contributed by atoms with Crippen LogP contribution in [0.15, 0.2) is 0 Å². The summed E-state index contributed by atoms with van der Waals surface area (Å²) in [6.45, 7) is 3.04. The van der Waals surface area contributed by atoms with Crippen molar-refractivity contribution in [2.45, 2.75) is 45.1 Å². The van der Waals surface area contributed by atoms with Crippen LogP contribution in [0.2, 0.25) is 0 Å². The first-order valence-corrected chi connectivity index (χ1v) is 5.48. The Labute approximate surface area is 84.5 Å². The summed E-state index contributed by atoms with van der Waals surface area (Å²) in [5.41, 5.74) is 0. The molecule has 2 heterocycles. The molecule has 0 spiro atoms. The van der Waals surface area contributed by atoms with Crippen molar-refractivity contribution < 1.29 is 0 Å². The minimum absolute atomic E-state index is 0.361. The van der Waals surface area contributed by atoms with Crippen molar-refractivity contribution in [3.63, 3.8) is 0 Å². The molecule has 2 N–H and O–H groups in total. The van der Waals surface area contributed by atoms with Gasteiger partial charge in [0.05, 0.1) is 6.04 Å². The summed E-state index contributed by atoms with van der Waals surface area (Å²) in [6.07, 6.45) is 6.43. The number of hydrogen-bond acceptors (Lipinski definition) is 3. The van der Waals surface area contributed by atoms with Crippen molar-refractivity contribution in [2.24, 2.45) is 0 Å². The molecule has 0 amide bonds. The second-order valence-corrected chi connectivity index (χ2v) is 3.99. The highest BCUT2D eigenvalue weighted by Gasteiger charge is 2.16. The summed E-state index contributed by atoms with van der Waals surface area (Å²) < 4.78 is 0. The molecule has 1 aliphatic rings. The molecule has 4 heteroatoms. The second-order valence-electron chi connectivity index (χ2n) is 3.99. The van der Waals surface area contributed by atoms with Crippen molar-refractivity contribution in [3.05, 3.63) is 11.6 Å². The first kappa shape index (κ1) is 9.65. The summed E-state index contributed by atoms with van der Waals surface area (Å²) >= 11 is 0. The highest BCUT2D eigenvalue weighted by atomic mass is 15.2. The Morgan fingerprint density at radius 3 is 2.86 bits per heavy atom. The zero-order chi connectivity index (χ0) is 9.80. The first-order chi connectivity index (χ1) is 6.86. The van der Waals surface area contributed by atoms with Gasteiger partial charge in [0.25, 0.3) is 0 Å². The van der Waals surface area contributed by atoms with Crippen molar-refractivity contribution in [2.75, 3.05) is 6.54 Å². The SMILES string of the molecule is Cc1nc(C2CCCCCCN2)n[nH]1. The molecule has 14 heavy (non-hydrogen) atoms. The van der Waals surface area contributed by atoms with Gasteiger partial charge in [-0.2, -0.15) is 5.10 Å². The maximum Gasteiger partial charge on any atom is 0.167 e. The predicted octanol–water partition coefficient (Wildman–Crippen LogP) is 1.71. The van der Waals surface area contributed by atoms with Crippen molar-refractivity contribution in [1.82, 2.24) is 20.5 Å². The van der Waals surface area contributed by atoms with Gasteiger partial charge in [-0.15, -0.1) is 0 Å². The number of aromatic amines is 1. The van der Waals surface area contributed by atoms with E-state index in [0.29, 0.717) is 6.04 Å². The zero-order valence-corrected chi connectivity index (χ0v) is 8.71. The van der Waals surface area contributed by atoms with Gasteiger partial charge in [-0.05, 0) is 26.3 Å². The molecule has 1 saturated heterocycles.